The number of carbonyl (C=O) groups is 2. The molecule has 27 heavy (non-hydrogen) atoms. The van der Waals surface area contributed by atoms with Crippen LogP contribution in [-0.2, 0) is 9.59 Å². The third kappa shape index (κ3) is 4.91. The van der Waals surface area contributed by atoms with Crippen molar-refractivity contribution in [3.05, 3.63) is 72.4 Å². The zero-order valence-corrected chi connectivity index (χ0v) is 15.3. The Morgan fingerprint density at radius 2 is 1.74 bits per heavy atom. The fourth-order valence-electron chi connectivity index (χ4n) is 3.10. The SMILES string of the molecule is CCC(CC(=O)NCC(=O)Nc1cccc2cccnc12)c1ccccc1. The Morgan fingerprint density at radius 3 is 2.52 bits per heavy atom. The van der Waals surface area contributed by atoms with E-state index >= 15 is 0 Å². The maximum absolute atomic E-state index is 12.3. The van der Waals surface area contributed by atoms with Gasteiger partial charge in [-0.1, -0.05) is 55.5 Å². The molecule has 1 atom stereocenters. The van der Waals surface area contributed by atoms with E-state index in [9.17, 15) is 9.59 Å². The number of anilines is 1. The summed E-state index contributed by atoms with van der Waals surface area (Å²) in [7, 11) is 0. The van der Waals surface area contributed by atoms with Crippen molar-refractivity contribution in [2.45, 2.75) is 25.7 Å². The van der Waals surface area contributed by atoms with Crippen LogP contribution in [0, 0.1) is 0 Å². The number of hydrogen-bond acceptors (Lipinski definition) is 3. The number of aromatic nitrogens is 1. The third-order valence-electron chi connectivity index (χ3n) is 4.55. The first kappa shape index (κ1) is 18.6. The predicted molar refractivity (Wildman–Crippen MR) is 107 cm³/mol. The molecule has 0 saturated heterocycles. The van der Waals surface area contributed by atoms with E-state index in [1.54, 1.807) is 12.3 Å². The second-order valence-electron chi connectivity index (χ2n) is 6.43. The van der Waals surface area contributed by atoms with E-state index in [0.29, 0.717) is 12.1 Å². The highest BCUT2D eigenvalue weighted by Gasteiger charge is 2.15. The highest BCUT2D eigenvalue weighted by atomic mass is 16.2. The van der Waals surface area contributed by atoms with Gasteiger partial charge in [0, 0.05) is 18.0 Å². The van der Waals surface area contributed by atoms with Crippen molar-refractivity contribution in [1.82, 2.24) is 10.3 Å². The van der Waals surface area contributed by atoms with E-state index in [1.807, 2.05) is 54.6 Å². The molecule has 3 aromatic rings. The minimum absolute atomic E-state index is 0.0622. The van der Waals surface area contributed by atoms with Crippen LogP contribution in [-0.4, -0.2) is 23.3 Å². The lowest BCUT2D eigenvalue weighted by atomic mass is 9.93. The Labute approximate surface area is 158 Å². The second kappa shape index (κ2) is 8.94. The molecule has 0 aliphatic heterocycles. The van der Waals surface area contributed by atoms with Gasteiger partial charge in [0.25, 0.3) is 0 Å². The number of rotatable bonds is 7. The van der Waals surface area contributed by atoms with E-state index < -0.39 is 0 Å². The summed E-state index contributed by atoms with van der Waals surface area (Å²) in [4.78, 5) is 28.8. The molecule has 138 valence electrons. The fraction of sp³-hybridized carbons (Fsp3) is 0.227. The summed E-state index contributed by atoms with van der Waals surface area (Å²) in [6.07, 6.45) is 2.92. The first-order chi connectivity index (χ1) is 13.2. The van der Waals surface area contributed by atoms with Crippen LogP contribution in [0.3, 0.4) is 0 Å². The largest absolute Gasteiger partial charge is 0.347 e. The van der Waals surface area contributed by atoms with Gasteiger partial charge in [0.2, 0.25) is 11.8 Å². The molecule has 1 aromatic heterocycles. The zero-order valence-electron chi connectivity index (χ0n) is 15.3. The van der Waals surface area contributed by atoms with Crippen LogP contribution in [0.15, 0.2) is 66.9 Å². The summed E-state index contributed by atoms with van der Waals surface area (Å²) in [5.74, 6) is -0.248. The van der Waals surface area contributed by atoms with Crippen molar-refractivity contribution >= 4 is 28.4 Å². The van der Waals surface area contributed by atoms with Gasteiger partial charge in [-0.15, -0.1) is 0 Å². The molecule has 2 amide bonds. The van der Waals surface area contributed by atoms with E-state index in [1.165, 1.54) is 0 Å². The number of carbonyl (C=O) groups excluding carboxylic acids is 2. The van der Waals surface area contributed by atoms with Crippen LogP contribution in [0.5, 0.6) is 0 Å². The van der Waals surface area contributed by atoms with E-state index in [0.717, 1.165) is 22.9 Å². The highest BCUT2D eigenvalue weighted by molar-refractivity contribution is 6.01. The quantitative estimate of drug-likeness (QED) is 0.671. The van der Waals surface area contributed by atoms with Crippen LogP contribution in [0.1, 0.15) is 31.2 Å². The van der Waals surface area contributed by atoms with Gasteiger partial charge in [-0.3, -0.25) is 14.6 Å². The molecular formula is C22H23N3O2. The Bertz CT molecular complexity index is 920. The van der Waals surface area contributed by atoms with E-state index in [2.05, 4.69) is 22.5 Å². The molecular weight excluding hydrogens is 338 g/mol. The van der Waals surface area contributed by atoms with E-state index in [-0.39, 0.29) is 24.3 Å². The summed E-state index contributed by atoms with van der Waals surface area (Å²) in [6.45, 7) is 2.00. The number of pyridine rings is 1. The van der Waals surface area contributed by atoms with Crippen molar-refractivity contribution in [3.8, 4) is 0 Å². The molecule has 0 radical (unpaired) electrons. The van der Waals surface area contributed by atoms with Crippen molar-refractivity contribution in [2.75, 3.05) is 11.9 Å². The summed E-state index contributed by atoms with van der Waals surface area (Å²) in [6, 6.07) is 19.4. The summed E-state index contributed by atoms with van der Waals surface area (Å²) >= 11 is 0. The third-order valence-corrected chi connectivity index (χ3v) is 4.55. The van der Waals surface area contributed by atoms with Gasteiger partial charge < -0.3 is 10.6 Å². The standard InChI is InChI=1S/C22H23N3O2/c1-2-16(17-8-4-3-5-9-17)14-20(26)24-15-21(27)25-19-12-6-10-18-11-7-13-23-22(18)19/h3-13,16H,2,14-15H2,1H3,(H,24,26)(H,25,27). The van der Waals surface area contributed by atoms with E-state index in [4.69, 9.17) is 0 Å². The number of para-hydroxylation sites is 1. The number of benzene rings is 2. The molecule has 2 aromatic carbocycles. The van der Waals surface area contributed by atoms with Crippen LogP contribution in [0.4, 0.5) is 5.69 Å². The highest BCUT2D eigenvalue weighted by Crippen LogP contribution is 2.23. The van der Waals surface area contributed by atoms with Gasteiger partial charge in [0.1, 0.15) is 0 Å². The van der Waals surface area contributed by atoms with Crippen LogP contribution < -0.4 is 10.6 Å². The molecule has 0 aliphatic rings. The fourth-order valence-corrected chi connectivity index (χ4v) is 3.10. The maximum atomic E-state index is 12.3. The Balaban J connectivity index is 1.55. The molecule has 5 nitrogen and oxygen atoms in total. The van der Waals surface area contributed by atoms with Crippen LogP contribution in [0.2, 0.25) is 0 Å². The predicted octanol–water partition coefficient (Wildman–Crippen LogP) is 3.87. The summed E-state index contributed by atoms with van der Waals surface area (Å²) < 4.78 is 0. The lowest BCUT2D eigenvalue weighted by molar-refractivity contribution is -0.124. The number of amides is 2. The van der Waals surface area contributed by atoms with Gasteiger partial charge >= 0.3 is 0 Å². The normalized spacial score (nSPS) is 11.7. The van der Waals surface area contributed by atoms with Crippen molar-refractivity contribution in [1.29, 1.82) is 0 Å². The number of fused-ring (bicyclic) bond motifs is 1. The smallest absolute Gasteiger partial charge is 0.243 e. The van der Waals surface area contributed by atoms with Crippen LogP contribution in [0.25, 0.3) is 10.9 Å². The molecule has 0 bridgehead atoms. The molecule has 1 unspecified atom stereocenters. The lowest BCUT2D eigenvalue weighted by Crippen LogP contribution is -2.33. The first-order valence-electron chi connectivity index (χ1n) is 9.12. The van der Waals surface area contributed by atoms with Crippen LogP contribution >= 0.6 is 0 Å². The second-order valence-corrected chi connectivity index (χ2v) is 6.43. The summed E-state index contributed by atoms with van der Waals surface area (Å²) in [5, 5.41) is 6.49. The van der Waals surface area contributed by atoms with Gasteiger partial charge in [-0.25, -0.2) is 0 Å². The molecule has 5 heteroatoms. The molecule has 2 N–H and O–H groups in total. The Kier molecular flexibility index (Phi) is 6.15. The topological polar surface area (TPSA) is 71.1 Å². The lowest BCUT2D eigenvalue weighted by Gasteiger charge is -2.15. The van der Waals surface area contributed by atoms with Gasteiger partial charge in [0.05, 0.1) is 17.7 Å². The maximum Gasteiger partial charge on any atom is 0.243 e. The average molecular weight is 361 g/mol. The molecule has 0 fully saturated rings. The zero-order chi connectivity index (χ0) is 19.1. The van der Waals surface area contributed by atoms with Crippen molar-refractivity contribution in [2.24, 2.45) is 0 Å². The molecule has 0 aliphatic carbocycles. The summed E-state index contributed by atoms with van der Waals surface area (Å²) in [5.41, 5.74) is 2.51. The van der Waals surface area contributed by atoms with Crippen molar-refractivity contribution in [3.63, 3.8) is 0 Å². The van der Waals surface area contributed by atoms with Gasteiger partial charge in [-0.05, 0) is 30.0 Å². The number of nitrogens with zero attached hydrogens (tertiary/aromatic N) is 1. The Morgan fingerprint density at radius 1 is 0.963 bits per heavy atom. The number of hydrogen-bond donors (Lipinski definition) is 2. The van der Waals surface area contributed by atoms with Gasteiger partial charge in [0.15, 0.2) is 0 Å². The average Bonchev–Trinajstić information content (AvgIpc) is 2.71. The Hall–Kier alpha value is -3.21. The molecule has 1 heterocycles. The molecule has 3 rings (SSSR count). The number of nitrogens with one attached hydrogen (secondary N) is 2. The minimum Gasteiger partial charge on any atom is -0.347 e. The monoisotopic (exact) mass is 361 g/mol. The molecule has 0 saturated carbocycles. The van der Waals surface area contributed by atoms with Crippen molar-refractivity contribution < 1.29 is 9.59 Å². The first-order valence-corrected chi connectivity index (χ1v) is 9.12. The molecule has 0 spiro atoms. The van der Waals surface area contributed by atoms with Gasteiger partial charge in [-0.2, -0.15) is 0 Å². The minimum atomic E-state index is -0.269.